The van der Waals surface area contributed by atoms with Crippen molar-refractivity contribution in [2.24, 2.45) is 0 Å². The SMILES string of the molecule is CCN(CC)C(=O)CC(C)c1cc(C(C)(C)C)c(OP2OP(Oc3c(C(C)(C)C)cc(C(C)CC(=O)N(CC)CC)cc3C(C)(C)C)OP(Oc3c(C(C)(C)C)cc(C(C)CC(=O)N(CC)CC)cc3C(C)(C)C)O2)c(C(C)(C)C)c1. The molecule has 1 aliphatic heterocycles. The van der Waals surface area contributed by atoms with Crippen LogP contribution in [-0.2, 0) is 59.8 Å². The van der Waals surface area contributed by atoms with E-state index < -0.39 is 58.3 Å². The van der Waals surface area contributed by atoms with Gasteiger partial charge in [0.2, 0.25) is 17.7 Å². The van der Waals surface area contributed by atoms with Gasteiger partial charge >= 0.3 is 25.8 Å². The van der Waals surface area contributed by atoms with Crippen LogP contribution in [0.5, 0.6) is 17.2 Å². The zero-order chi connectivity index (χ0) is 61.7. The Morgan fingerprint density at radius 1 is 0.358 bits per heavy atom. The molecule has 3 atom stereocenters. The van der Waals surface area contributed by atoms with Gasteiger partial charge in [0, 0.05) is 91.9 Å². The third-order valence-electron chi connectivity index (χ3n) is 15.6. The lowest BCUT2D eigenvalue weighted by molar-refractivity contribution is -0.132. The molecule has 12 nitrogen and oxygen atoms in total. The molecule has 1 heterocycles. The van der Waals surface area contributed by atoms with Gasteiger partial charge in [-0.15, -0.1) is 0 Å². The Labute approximate surface area is 496 Å². The summed E-state index contributed by atoms with van der Waals surface area (Å²) in [5.74, 6) is 2.20. The second-order valence-electron chi connectivity index (χ2n) is 28.5. The largest absolute Gasteiger partial charge is 0.426 e. The molecule has 0 N–H and O–H groups in total. The third kappa shape index (κ3) is 18.3. The van der Waals surface area contributed by atoms with Crippen LogP contribution in [0.1, 0.15) is 274 Å². The van der Waals surface area contributed by atoms with Crippen molar-refractivity contribution >= 4 is 43.5 Å². The van der Waals surface area contributed by atoms with Crippen molar-refractivity contribution in [3.8, 4) is 17.2 Å². The molecule has 3 aromatic rings. The maximum atomic E-state index is 13.6. The number of hydrogen-bond acceptors (Lipinski definition) is 9. The summed E-state index contributed by atoms with van der Waals surface area (Å²) in [6, 6.07) is 13.2. The maximum absolute atomic E-state index is 13.6. The van der Waals surface area contributed by atoms with Gasteiger partial charge in [-0.2, -0.15) is 0 Å². The molecule has 0 aromatic heterocycles. The van der Waals surface area contributed by atoms with Crippen molar-refractivity contribution in [1.29, 1.82) is 0 Å². The highest BCUT2D eigenvalue weighted by atomic mass is 31.3. The molecule has 0 radical (unpaired) electrons. The van der Waals surface area contributed by atoms with Crippen LogP contribution in [0.3, 0.4) is 0 Å². The number of carbonyl (C=O) groups is 3. The van der Waals surface area contributed by atoms with Crippen LogP contribution in [0.15, 0.2) is 36.4 Å². The number of amides is 3. The Hall–Kier alpha value is -3.36. The molecule has 15 heteroatoms. The molecule has 0 bridgehead atoms. The lowest BCUT2D eigenvalue weighted by Crippen LogP contribution is -2.31. The highest BCUT2D eigenvalue weighted by molar-refractivity contribution is 7.69. The van der Waals surface area contributed by atoms with Crippen molar-refractivity contribution in [1.82, 2.24) is 14.7 Å². The Bertz CT molecular complexity index is 2220. The van der Waals surface area contributed by atoms with E-state index in [-0.39, 0.29) is 35.5 Å². The highest BCUT2D eigenvalue weighted by Crippen LogP contribution is 2.73. The number of hydrogen-bond donors (Lipinski definition) is 0. The van der Waals surface area contributed by atoms with Crippen LogP contribution in [0.25, 0.3) is 0 Å². The molecule has 3 unspecified atom stereocenters. The van der Waals surface area contributed by atoms with Crippen LogP contribution < -0.4 is 13.6 Å². The minimum absolute atomic E-state index is 0.0596. The summed E-state index contributed by atoms with van der Waals surface area (Å²) < 4.78 is 42.8. The Morgan fingerprint density at radius 2 is 0.519 bits per heavy atom. The van der Waals surface area contributed by atoms with Gasteiger partial charge in [0.1, 0.15) is 17.2 Å². The molecule has 456 valence electrons. The topological polar surface area (TPSA) is 116 Å². The summed E-state index contributed by atoms with van der Waals surface area (Å²) in [5, 5.41) is 0. The minimum Gasteiger partial charge on any atom is -0.426 e. The smallest absolute Gasteiger partial charge is 0.413 e. The second kappa shape index (κ2) is 27.8. The van der Waals surface area contributed by atoms with Crippen molar-refractivity contribution in [3.05, 3.63) is 86.5 Å². The first-order valence-corrected chi connectivity index (χ1v) is 33.3. The van der Waals surface area contributed by atoms with Gasteiger partial charge in [-0.05, 0) is 108 Å². The Balaban J connectivity index is 2.04. The zero-order valence-electron chi connectivity index (χ0n) is 55.4. The van der Waals surface area contributed by atoms with Crippen molar-refractivity contribution < 1.29 is 40.9 Å². The van der Waals surface area contributed by atoms with Crippen LogP contribution in [0, 0.1) is 0 Å². The average molecular weight is 1180 g/mol. The molecule has 81 heavy (non-hydrogen) atoms. The average Bonchev–Trinajstić information content (AvgIpc) is 3.47. The lowest BCUT2D eigenvalue weighted by Gasteiger charge is -2.37. The van der Waals surface area contributed by atoms with E-state index in [1.807, 2.05) is 56.2 Å². The van der Waals surface area contributed by atoms with Gasteiger partial charge in [0.15, 0.2) is 0 Å². The van der Waals surface area contributed by atoms with Gasteiger partial charge in [-0.3, -0.25) is 14.4 Å². The van der Waals surface area contributed by atoms with Crippen molar-refractivity contribution in [3.63, 3.8) is 0 Å². The van der Waals surface area contributed by atoms with Crippen LogP contribution >= 0.6 is 25.8 Å². The fraction of sp³-hybridized carbons (Fsp3) is 0.682. The number of carbonyl (C=O) groups excluding carboxylic acids is 3. The Kier molecular flexibility index (Phi) is 24.0. The van der Waals surface area contributed by atoms with E-state index in [9.17, 15) is 14.4 Å². The monoisotopic (exact) mass is 1180 g/mol. The van der Waals surface area contributed by atoms with Crippen molar-refractivity contribution in [2.45, 2.75) is 256 Å². The van der Waals surface area contributed by atoms with Crippen LogP contribution in [-0.4, -0.2) is 71.7 Å². The summed E-state index contributed by atoms with van der Waals surface area (Å²) in [6.07, 6.45) is 1.16. The van der Waals surface area contributed by atoms with Gasteiger partial charge in [-0.25, -0.2) is 12.9 Å². The summed E-state index contributed by atoms with van der Waals surface area (Å²) in [7, 11) is -6.85. The lowest BCUT2D eigenvalue weighted by atomic mass is 9.77. The molecule has 3 amide bonds. The Morgan fingerprint density at radius 3 is 0.654 bits per heavy atom. The fourth-order valence-corrected chi connectivity index (χ4v) is 14.5. The van der Waals surface area contributed by atoms with Gasteiger partial charge in [0.25, 0.3) is 0 Å². The van der Waals surface area contributed by atoms with Crippen molar-refractivity contribution in [2.75, 3.05) is 39.3 Å². The molecular formula is C66H108N3O9P3. The van der Waals surface area contributed by atoms with Crippen LogP contribution in [0.2, 0.25) is 0 Å². The first-order chi connectivity index (χ1) is 37.1. The van der Waals surface area contributed by atoms with E-state index >= 15 is 0 Å². The second-order valence-corrected chi connectivity index (χ2v) is 32.4. The maximum Gasteiger partial charge on any atom is 0.413 e. The summed E-state index contributed by atoms with van der Waals surface area (Å²) in [5.41, 5.74) is 6.53. The van der Waals surface area contributed by atoms with Gasteiger partial charge in [-0.1, -0.05) is 182 Å². The van der Waals surface area contributed by atoms with E-state index in [0.29, 0.717) is 75.8 Å². The molecule has 4 rings (SSSR count). The summed E-state index contributed by atoms with van der Waals surface area (Å²) >= 11 is 0. The highest BCUT2D eigenvalue weighted by Gasteiger charge is 2.46. The predicted molar refractivity (Wildman–Crippen MR) is 340 cm³/mol. The van der Waals surface area contributed by atoms with Gasteiger partial charge < -0.3 is 28.3 Å². The summed E-state index contributed by atoms with van der Waals surface area (Å²) in [4.78, 5) is 46.4. The van der Waals surface area contributed by atoms with E-state index in [2.05, 4.69) is 182 Å². The molecule has 0 saturated carbocycles. The molecule has 1 saturated heterocycles. The zero-order valence-corrected chi connectivity index (χ0v) is 58.1. The van der Waals surface area contributed by atoms with Gasteiger partial charge in [0.05, 0.1) is 0 Å². The van der Waals surface area contributed by atoms with Crippen LogP contribution in [0.4, 0.5) is 0 Å². The standard InChI is InChI=1S/C66H108N3O9P3/c1-28-67(29-2)55(70)34-43(7)46-37-49(61(10,11)12)58(50(38-46)62(13,14)15)73-79-76-80(74-59-51(63(16,17)18)39-47(40-52(59)64(19,20)21)44(8)35-56(71)68(30-3)31-4)78-81(77-79)75-60-53(65(22,23)24)41-48(42-54(60)66(25,26)27)45(9)36-57(72)69(32-5)33-6/h37-45H,28-36H2,1-27H3. The summed E-state index contributed by atoms with van der Waals surface area (Å²) in [6.45, 7) is 61.8. The van der Waals surface area contributed by atoms with E-state index in [0.717, 1.165) is 50.1 Å². The first kappa shape index (κ1) is 70.1. The van der Waals surface area contributed by atoms with E-state index in [1.165, 1.54) is 0 Å². The third-order valence-corrected chi connectivity index (χ3v) is 19.8. The molecule has 1 fully saturated rings. The van der Waals surface area contributed by atoms with E-state index in [1.54, 1.807) is 0 Å². The first-order valence-electron chi connectivity index (χ1n) is 30.0. The molecular weight excluding hydrogens is 1070 g/mol. The number of nitrogens with zero attached hydrogens (tertiary/aromatic N) is 3. The molecule has 0 spiro atoms. The normalized spacial score (nSPS) is 17.7. The quantitative estimate of drug-likeness (QED) is 0.0961. The molecule has 0 aliphatic carbocycles. The predicted octanol–water partition coefficient (Wildman–Crippen LogP) is 18.8. The molecule has 1 aliphatic rings. The fourth-order valence-electron chi connectivity index (χ4n) is 10.2. The number of benzene rings is 3. The molecule has 3 aromatic carbocycles. The van der Waals surface area contributed by atoms with E-state index in [4.69, 9.17) is 26.5 Å². The number of rotatable bonds is 21. The minimum atomic E-state index is -2.28.